The quantitative estimate of drug-likeness (QED) is 0.0786. The number of ether oxygens (including phenoxy) is 3. The minimum Gasteiger partial charge on any atom is -0.504 e. The Labute approximate surface area is 393 Å². The number of aromatic hydroxyl groups is 4. The van der Waals surface area contributed by atoms with Crippen molar-refractivity contribution < 1.29 is 52.7 Å². The monoisotopic (exact) mass is 917 g/mol. The zero-order valence-corrected chi connectivity index (χ0v) is 38.8. The first-order valence-corrected chi connectivity index (χ1v) is 21.0. The number of phenolic OH excluding ortho intramolecular Hbond substituents is 4. The van der Waals surface area contributed by atoms with Crippen LogP contribution >= 0.6 is 0 Å². The van der Waals surface area contributed by atoms with Gasteiger partial charge in [-0.15, -0.1) is 0 Å². The highest BCUT2D eigenvalue weighted by Crippen LogP contribution is 2.36. The van der Waals surface area contributed by atoms with Gasteiger partial charge in [0.15, 0.2) is 58.2 Å². The third kappa shape index (κ3) is 12.1. The molecule has 0 bridgehead atoms. The highest BCUT2D eigenvalue weighted by Gasteiger charge is 2.14. The molecule has 0 saturated heterocycles. The minimum absolute atomic E-state index is 0.220. The van der Waals surface area contributed by atoms with Gasteiger partial charge in [-0.05, 0) is 147 Å². The number of hydrogen-bond donors (Lipinski definition) is 4. The molecular formula is C54H51N3O11. The van der Waals surface area contributed by atoms with Gasteiger partial charge < -0.3 is 47.9 Å². The number of carbonyl (C=O) groups excluding carboxylic acids is 1. The standard InChI is InChI=1S/C19H19NO3.C15H11NO5.C11H11NO.C9H10O2/c1-12-5-6-14(9-13(12)2)18-11-20-19(23-18)15-7-8-16(21-3)17(10-15)22-4;17-10-3-1-8(5-12(10)19)14-7-16-15(21-14)9-2-4-11(18)13(20)6-9;1-8-3-4-10(5-9(8)2)11-6-12-7-13-11;1-7-5-8(6-10)3-4-9(7)11-2/h5-11H,1-4H3;1-7,17-20H;3-7H,1-2H3;3-6H,1-2H3. The Morgan fingerprint density at radius 2 is 0.912 bits per heavy atom. The van der Waals surface area contributed by atoms with Crippen molar-refractivity contribution in [1.29, 1.82) is 0 Å². The molecule has 0 fully saturated rings. The van der Waals surface area contributed by atoms with Crippen LogP contribution in [0.25, 0.3) is 56.9 Å². The van der Waals surface area contributed by atoms with Crippen molar-refractivity contribution in [3.63, 3.8) is 0 Å². The summed E-state index contributed by atoms with van der Waals surface area (Å²) in [7, 11) is 4.83. The summed E-state index contributed by atoms with van der Waals surface area (Å²) in [5.74, 6) is 3.95. The minimum atomic E-state index is -0.269. The molecule has 0 aliphatic heterocycles. The summed E-state index contributed by atoms with van der Waals surface area (Å²) in [6.45, 7) is 10.3. The average molecular weight is 918 g/mol. The maximum absolute atomic E-state index is 10.3. The first-order valence-electron chi connectivity index (χ1n) is 21.0. The highest BCUT2D eigenvalue weighted by molar-refractivity contribution is 5.75. The molecule has 14 nitrogen and oxygen atoms in total. The van der Waals surface area contributed by atoms with E-state index in [0.717, 1.165) is 45.8 Å². The SMILES string of the molecule is COc1ccc(-c2ncc(-c3ccc(C)c(C)c3)o2)cc1OC.COc1ccc(C=O)cc1C.Cc1ccc(-c2cnco2)cc1C.Oc1ccc(-c2cnc(-c3ccc(O)c(O)c3)o2)cc1O. The molecule has 68 heavy (non-hydrogen) atoms. The molecule has 4 N–H and O–H groups in total. The largest absolute Gasteiger partial charge is 0.504 e. The number of nitrogens with zero attached hydrogens (tertiary/aromatic N) is 3. The zero-order valence-electron chi connectivity index (χ0n) is 38.8. The summed E-state index contributed by atoms with van der Waals surface area (Å²) in [4.78, 5) is 22.7. The molecule has 0 unspecified atom stereocenters. The number of benzene rings is 6. The zero-order chi connectivity index (χ0) is 48.9. The maximum Gasteiger partial charge on any atom is 0.226 e. The van der Waals surface area contributed by atoms with E-state index >= 15 is 0 Å². The Hall–Kier alpha value is -8.78. The van der Waals surface area contributed by atoms with Crippen LogP contribution in [0.15, 0.2) is 147 Å². The number of aldehydes is 1. The van der Waals surface area contributed by atoms with Gasteiger partial charge in [-0.1, -0.05) is 24.3 Å². The van der Waals surface area contributed by atoms with E-state index in [1.165, 1.54) is 59.1 Å². The van der Waals surface area contributed by atoms with Crippen LogP contribution < -0.4 is 14.2 Å². The number of aromatic nitrogens is 3. The lowest BCUT2D eigenvalue weighted by atomic mass is 10.1. The van der Waals surface area contributed by atoms with E-state index in [4.69, 9.17) is 27.5 Å². The Balaban J connectivity index is 0.000000156. The predicted molar refractivity (Wildman–Crippen MR) is 259 cm³/mol. The number of hydrogen-bond acceptors (Lipinski definition) is 14. The topological polar surface area (TPSA) is 204 Å². The molecule has 3 aromatic heterocycles. The second-order valence-electron chi connectivity index (χ2n) is 15.3. The molecule has 0 saturated carbocycles. The fourth-order valence-corrected chi connectivity index (χ4v) is 6.51. The predicted octanol–water partition coefficient (Wildman–Crippen LogP) is 12.2. The van der Waals surface area contributed by atoms with Gasteiger partial charge in [-0.25, -0.2) is 15.0 Å². The van der Waals surface area contributed by atoms with E-state index in [0.29, 0.717) is 39.8 Å². The Morgan fingerprint density at radius 3 is 1.40 bits per heavy atom. The van der Waals surface area contributed by atoms with Gasteiger partial charge in [-0.2, -0.15) is 0 Å². The molecule has 348 valence electrons. The second-order valence-corrected chi connectivity index (χ2v) is 15.3. The molecule has 6 aromatic carbocycles. The van der Waals surface area contributed by atoms with Crippen LogP contribution in [0.3, 0.4) is 0 Å². The molecular weight excluding hydrogens is 867 g/mol. The van der Waals surface area contributed by atoms with Gasteiger partial charge in [0, 0.05) is 33.4 Å². The van der Waals surface area contributed by atoms with E-state index in [-0.39, 0.29) is 28.9 Å². The number of phenols is 4. The Kier molecular flexibility index (Phi) is 16.0. The molecule has 9 rings (SSSR count). The third-order valence-corrected chi connectivity index (χ3v) is 10.7. The van der Waals surface area contributed by atoms with Crippen LogP contribution in [-0.4, -0.2) is 63.0 Å². The summed E-state index contributed by atoms with van der Waals surface area (Å²) < 4.78 is 32.3. The number of aryl methyl sites for hydroxylation is 5. The van der Waals surface area contributed by atoms with Crippen LogP contribution in [0, 0.1) is 34.6 Å². The highest BCUT2D eigenvalue weighted by atomic mass is 16.5. The van der Waals surface area contributed by atoms with Gasteiger partial charge in [0.05, 0.1) is 39.9 Å². The van der Waals surface area contributed by atoms with Gasteiger partial charge in [0.1, 0.15) is 12.0 Å². The van der Waals surface area contributed by atoms with Gasteiger partial charge in [-0.3, -0.25) is 4.79 Å². The second kappa shape index (κ2) is 22.4. The molecule has 0 atom stereocenters. The van der Waals surface area contributed by atoms with Crippen molar-refractivity contribution in [1.82, 2.24) is 15.0 Å². The number of rotatable bonds is 9. The van der Waals surface area contributed by atoms with Crippen molar-refractivity contribution in [2.24, 2.45) is 0 Å². The lowest BCUT2D eigenvalue weighted by Crippen LogP contribution is -1.90. The fraction of sp³-hybridized carbons (Fsp3) is 0.148. The van der Waals surface area contributed by atoms with Crippen LogP contribution in [0.4, 0.5) is 0 Å². The van der Waals surface area contributed by atoms with Crippen molar-refractivity contribution in [2.45, 2.75) is 34.6 Å². The van der Waals surface area contributed by atoms with Crippen LogP contribution in [0.1, 0.15) is 38.2 Å². The summed E-state index contributed by atoms with van der Waals surface area (Å²) >= 11 is 0. The lowest BCUT2D eigenvalue weighted by Gasteiger charge is -2.07. The normalized spacial score (nSPS) is 10.4. The van der Waals surface area contributed by atoms with Gasteiger partial charge in [0.2, 0.25) is 11.8 Å². The van der Waals surface area contributed by atoms with Crippen molar-refractivity contribution >= 4 is 6.29 Å². The third-order valence-electron chi connectivity index (χ3n) is 10.7. The Morgan fingerprint density at radius 1 is 0.441 bits per heavy atom. The summed E-state index contributed by atoms with van der Waals surface area (Å²) in [6.07, 6.45) is 7.21. The summed E-state index contributed by atoms with van der Waals surface area (Å²) in [5, 5.41) is 37.5. The lowest BCUT2D eigenvalue weighted by molar-refractivity contribution is 0.112. The van der Waals surface area contributed by atoms with Crippen molar-refractivity contribution in [3.8, 4) is 97.1 Å². The Bertz CT molecular complexity index is 3050. The van der Waals surface area contributed by atoms with Crippen LogP contribution in [-0.2, 0) is 0 Å². The van der Waals surface area contributed by atoms with Gasteiger partial charge >= 0.3 is 0 Å². The fourth-order valence-electron chi connectivity index (χ4n) is 6.51. The van der Waals surface area contributed by atoms with E-state index in [1.54, 1.807) is 64.1 Å². The molecule has 9 aromatic rings. The average Bonchev–Trinajstić information content (AvgIpc) is 4.17. The first-order chi connectivity index (χ1) is 32.7. The molecule has 3 heterocycles. The van der Waals surface area contributed by atoms with E-state index < -0.39 is 0 Å². The molecule has 0 aliphatic rings. The molecule has 0 spiro atoms. The molecule has 0 amide bonds. The molecule has 0 aliphatic carbocycles. The summed E-state index contributed by atoms with van der Waals surface area (Å²) in [6, 6.07) is 31.9. The summed E-state index contributed by atoms with van der Waals surface area (Å²) in [5.41, 5.74) is 10.7. The molecule has 0 radical (unpaired) electrons. The number of methoxy groups -OCH3 is 3. The smallest absolute Gasteiger partial charge is 0.226 e. The van der Waals surface area contributed by atoms with E-state index in [9.17, 15) is 25.2 Å². The van der Waals surface area contributed by atoms with E-state index in [2.05, 4.69) is 66.9 Å². The van der Waals surface area contributed by atoms with Crippen LogP contribution in [0.5, 0.6) is 40.2 Å². The number of carbonyl (C=O) groups is 1. The number of oxazole rings is 3. The maximum atomic E-state index is 10.3. The van der Waals surface area contributed by atoms with Gasteiger partial charge in [0.25, 0.3) is 0 Å². The van der Waals surface area contributed by atoms with E-state index in [1.807, 2.05) is 37.3 Å². The first kappa shape index (κ1) is 48.7. The van der Waals surface area contributed by atoms with Crippen molar-refractivity contribution in [3.05, 3.63) is 168 Å². The van der Waals surface area contributed by atoms with Crippen LogP contribution in [0.2, 0.25) is 0 Å². The van der Waals surface area contributed by atoms with Crippen molar-refractivity contribution in [2.75, 3.05) is 21.3 Å². The molecule has 14 heteroatoms.